The second kappa shape index (κ2) is 8.61. The molecule has 0 radical (unpaired) electrons. The van der Waals surface area contributed by atoms with Crippen molar-refractivity contribution < 1.29 is 14.3 Å². The molecule has 2 aromatic carbocycles. The van der Waals surface area contributed by atoms with Crippen LogP contribution in [0, 0.1) is 0 Å². The molecule has 138 valence electrons. The zero-order chi connectivity index (χ0) is 18.4. The van der Waals surface area contributed by atoms with Crippen molar-refractivity contribution in [2.75, 3.05) is 37.5 Å². The van der Waals surface area contributed by atoms with Gasteiger partial charge in [0.1, 0.15) is 0 Å². The average molecular weight is 354 g/mol. The highest BCUT2D eigenvalue weighted by atomic mass is 16.5. The molecule has 0 spiro atoms. The van der Waals surface area contributed by atoms with Gasteiger partial charge in [0.05, 0.1) is 31.2 Å². The summed E-state index contributed by atoms with van der Waals surface area (Å²) in [5.74, 6) is 0.781. The predicted octanol–water partition coefficient (Wildman–Crippen LogP) is 4.34. The maximum Gasteiger partial charge on any atom is 0.259 e. The molecule has 1 fully saturated rings. The quantitative estimate of drug-likeness (QED) is 0.868. The number of carbonyl (C=O) groups excluding carboxylic acids is 1. The van der Waals surface area contributed by atoms with Gasteiger partial charge in [-0.05, 0) is 37.1 Å². The van der Waals surface area contributed by atoms with E-state index >= 15 is 0 Å². The maximum absolute atomic E-state index is 12.9. The van der Waals surface area contributed by atoms with Gasteiger partial charge in [-0.25, -0.2) is 0 Å². The molecule has 3 rings (SSSR count). The SMILES string of the molecule is COc1cccc(C(=O)Nc2ccccc2N2CCCCCC2)c1OC. The van der Waals surface area contributed by atoms with Crippen molar-refractivity contribution in [2.24, 2.45) is 0 Å². The van der Waals surface area contributed by atoms with Crippen LogP contribution < -0.4 is 19.7 Å². The zero-order valence-electron chi connectivity index (χ0n) is 15.5. The Morgan fingerprint density at radius 2 is 1.65 bits per heavy atom. The molecular weight excluding hydrogens is 328 g/mol. The lowest BCUT2D eigenvalue weighted by atomic mass is 10.1. The number of para-hydroxylation sites is 3. The molecular formula is C21H26N2O3. The van der Waals surface area contributed by atoms with Crippen molar-refractivity contribution >= 4 is 17.3 Å². The van der Waals surface area contributed by atoms with Gasteiger partial charge in [0.25, 0.3) is 5.91 Å². The monoisotopic (exact) mass is 354 g/mol. The number of amides is 1. The third-order valence-electron chi connectivity index (χ3n) is 4.75. The number of benzene rings is 2. The molecule has 0 atom stereocenters. The minimum Gasteiger partial charge on any atom is -0.493 e. The number of nitrogens with one attached hydrogen (secondary N) is 1. The number of carbonyl (C=O) groups is 1. The topological polar surface area (TPSA) is 50.8 Å². The summed E-state index contributed by atoms with van der Waals surface area (Å²) in [4.78, 5) is 15.3. The van der Waals surface area contributed by atoms with Crippen molar-refractivity contribution in [3.63, 3.8) is 0 Å². The van der Waals surface area contributed by atoms with Crippen LogP contribution >= 0.6 is 0 Å². The first kappa shape index (κ1) is 18.1. The van der Waals surface area contributed by atoms with Crippen LogP contribution in [-0.4, -0.2) is 33.2 Å². The minimum atomic E-state index is -0.206. The second-order valence-corrected chi connectivity index (χ2v) is 6.41. The molecule has 5 nitrogen and oxygen atoms in total. The average Bonchev–Trinajstić information content (AvgIpc) is 2.97. The molecule has 1 N–H and O–H groups in total. The maximum atomic E-state index is 12.9. The summed E-state index contributed by atoms with van der Waals surface area (Å²) < 4.78 is 10.7. The summed E-state index contributed by atoms with van der Waals surface area (Å²) in [5, 5.41) is 3.05. The molecule has 0 unspecified atom stereocenters. The minimum absolute atomic E-state index is 0.206. The summed E-state index contributed by atoms with van der Waals surface area (Å²) in [6, 6.07) is 13.3. The van der Waals surface area contributed by atoms with E-state index in [1.165, 1.54) is 25.7 Å². The summed E-state index contributed by atoms with van der Waals surface area (Å²) in [6.07, 6.45) is 4.91. The van der Waals surface area contributed by atoms with Gasteiger partial charge in [-0.2, -0.15) is 0 Å². The van der Waals surface area contributed by atoms with Gasteiger partial charge in [-0.3, -0.25) is 4.79 Å². The predicted molar refractivity (Wildman–Crippen MR) is 105 cm³/mol. The van der Waals surface area contributed by atoms with E-state index in [1.54, 1.807) is 32.4 Å². The fourth-order valence-corrected chi connectivity index (χ4v) is 3.42. The largest absolute Gasteiger partial charge is 0.493 e. The Morgan fingerprint density at radius 1 is 0.923 bits per heavy atom. The van der Waals surface area contributed by atoms with Crippen molar-refractivity contribution in [3.8, 4) is 11.5 Å². The second-order valence-electron chi connectivity index (χ2n) is 6.41. The Hall–Kier alpha value is -2.69. The molecule has 26 heavy (non-hydrogen) atoms. The third-order valence-corrected chi connectivity index (χ3v) is 4.75. The lowest BCUT2D eigenvalue weighted by molar-refractivity contribution is 0.102. The van der Waals surface area contributed by atoms with E-state index < -0.39 is 0 Å². The van der Waals surface area contributed by atoms with Gasteiger partial charge in [0.2, 0.25) is 0 Å². The van der Waals surface area contributed by atoms with E-state index in [0.29, 0.717) is 17.1 Å². The molecule has 0 aliphatic carbocycles. The molecule has 1 amide bonds. The number of nitrogens with zero attached hydrogens (tertiary/aromatic N) is 1. The van der Waals surface area contributed by atoms with Gasteiger partial charge >= 0.3 is 0 Å². The number of anilines is 2. The Kier molecular flexibility index (Phi) is 6.00. The van der Waals surface area contributed by atoms with Crippen LogP contribution in [-0.2, 0) is 0 Å². The van der Waals surface area contributed by atoms with E-state index in [1.807, 2.05) is 18.2 Å². The Labute approximate surface area is 154 Å². The lowest BCUT2D eigenvalue weighted by Crippen LogP contribution is -2.25. The van der Waals surface area contributed by atoms with Crippen LogP contribution in [0.2, 0.25) is 0 Å². The summed E-state index contributed by atoms with van der Waals surface area (Å²) in [6.45, 7) is 2.05. The summed E-state index contributed by atoms with van der Waals surface area (Å²) in [5.41, 5.74) is 2.35. The highest BCUT2D eigenvalue weighted by molar-refractivity contribution is 6.08. The van der Waals surface area contributed by atoms with E-state index in [9.17, 15) is 4.79 Å². The van der Waals surface area contributed by atoms with Crippen LogP contribution in [0.3, 0.4) is 0 Å². The third kappa shape index (κ3) is 3.93. The number of ether oxygens (including phenoxy) is 2. The van der Waals surface area contributed by atoms with Gasteiger partial charge in [0, 0.05) is 13.1 Å². The van der Waals surface area contributed by atoms with Crippen LogP contribution in [0.4, 0.5) is 11.4 Å². The van der Waals surface area contributed by atoms with Crippen LogP contribution in [0.5, 0.6) is 11.5 Å². The Morgan fingerprint density at radius 3 is 2.35 bits per heavy atom. The van der Waals surface area contributed by atoms with E-state index in [4.69, 9.17) is 9.47 Å². The molecule has 5 heteroatoms. The van der Waals surface area contributed by atoms with Crippen molar-refractivity contribution in [3.05, 3.63) is 48.0 Å². The smallest absolute Gasteiger partial charge is 0.259 e. The molecule has 0 bridgehead atoms. The molecule has 1 saturated heterocycles. The fourth-order valence-electron chi connectivity index (χ4n) is 3.42. The van der Waals surface area contributed by atoms with E-state index in [0.717, 1.165) is 24.5 Å². The van der Waals surface area contributed by atoms with Crippen molar-refractivity contribution in [1.29, 1.82) is 0 Å². The number of rotatable bonds is 5. The number of methoxy groups -OCH3 is 2. The van der Waals surface area contributed by atoms with Crippen LogP contribution in [0.15, 0.2) is 42.5 Å². The van der Waals surface area contributed by atoms with Crippen LogP contribution in [0.25, 0.3) is 0 Å². The van der Waals surface area contributed by atoms with Gasteiger partial charge < -0.3 is 19.7 Å². The van der Waals surface area contributed by atoms with Gasteiger partial charge in [-0.1, -0.05) is 31.0 Å². The molecule has 1 aliphatic rings. The Bertz CT molecular complexity index is 753. The summed E-state index contributed by atoms with van der Waals surface area (Å²) in [7, 11) is 3.11. The first-order valence-electron chi connectivity index (χ1n) is 9.11. The highest BCUT2D eigenvalue weighted by Crippen LogP contribution is 2.33. The lowest BCUT2D eigenvalue weighted by Gasteiger charge is -2.25. The number of hydrogen-bond acceptors (Lipinski definition) is 4. The van der Waals surface area contributed by atoms with Gasteiger partial charge in [0.15, 0.2) is 11.5 Å². The van der Waals surface area contributed by atoms with E-state index in [2.05, 4.69) is 16.3 Å². The fraction of sp³-hybridized carbons (Fsp3) is 0.381. The summed E-state index contributed by atoms with van der Waals surface area (Å²) >= 11 is 0. The van der Waals surface area contributed by atoms with Crippen molar-refractivity contribution in [2.45, 2.75) is 25.7 Å². The van der Waals surface area contributed by atoms with E-state index in [-0.39, 0.29) is 5.91 Å². The number of hydrogen-bond donors (Lipinski definition) is 1. The molecule has 1 heterocycles. The molecule has 2 aromatic rings. The van der Waals surface area contributed by atoms with Crippen LogP contribution in [0.1, 0.15) is 36.0 Å². The molecule has 0 aromatic heterocycles. The Balaban J connectivity index is 1.86. The molecule has 1 aliphatic heterocycles. The first-order valence-corrected chi connectivity index (χ1v) is 9.11. The van der Waals surface area contributed by atoms with Gasteiger partial charge in [-0.15, -0.1) is 0 Å². The normalized spacial score (nSPS) is 14.5. The zero-order valence-corrected chi connectivity index (χ0v) is 15.5. The molecule has 0 saturated carbocycles. The standard InChI is InChI=1S/C21H26N2O3/c1-25-19-13-9-10-16(20(19)26-2)21(24)22-17-11-5-6-12-18(17)23-14-7-3-4-8-15-23/h5-6,9-13H,3-4,7-8,14-15H2,1-2H3,(H,22,24). The first-order chi connectivity index (χ1) is 12.7. The van der Waals surface area contributed by atoms with Crippen molar-refractivity contribution in [1.82, 2.24) is 0 Å². The highest BCUT2D eigenvalue weighted by Gasteiger charge is 2.19.